The van der Waals surface area contributed by atoms with Crippen LogP contribution in [0, 0.1) is 0 Å². The lowest BCUT2D eigenvalue weighted by atomic mass is 10.2. The maximum atomic E-state index is 11.8. The molecule has 1 N–H and O–H groups in total. The number of quaternary nitrogens is 1. The molecule has 6 nitrogen and oxygen atoms in total. The third-order valence-electron chi connectivity index (χ3n) is 3.80. The average molecular weight is 370 g/mol. The van der Waals surface area contributed by atoms with Crippen LogP contribution >= 0.6 is 0 Å². The number of rotatable bonds is 7. The van der Waals surface area contributed by atoms with Crippen molar-refractivity contribution in [1.82, 2.24) is 5.43 Å². The molecule has 1 aliphatic carbocycles. The summed E-state index contributed by atoms with van der Waals surface area (Å²) in [5.41, 5.74) is 3.41. The molecule has 1 aromatic carbocycles. The van der Waals surface area contributed by atoms with Gasteiger partial charge in [0.15, 0.2) is 18.0 Å². The van der Waals surface area contributed by atoms with Gasteiger partial charge in [0.05, 0.1) is 40.6 Å². The van der Waals surface area contributed by atoms with Gasteiger partial charge in [-0.05, 0) is 49.4 Å². The molecule has 0 spiro atoms. The van der Waals surface area contributed by atoms with Gasteiger partial charge in [-0.3, -0.25) is 4.79 Å². The smallest absolute Gasteiger partial charge is 0.295 e. The Hall–Kier alpha value is -1.79. The molecule has 140 valence electrons. The number of halogens is 1. The molecular formula is C18H28ClN3O3. The average Bonchev–Trinajstić information content (AvgIpc) is 2.98. The van der Waals surface area contributed by atoms with Gasteiger partial charge >= 0.3 is 0 Å². The molecule has 1 amide bonds. The Bertz CT molecular complexity index is 594. The molecule has 7 heteroatoms. The van der Waals surface area contributed by atoms with Gasteiger partial charge in [0.2, 0.25) is 0 Å². The van der Waals surface area contributed by atoms with Gasteiger partial charge in [-0.1, -0.05) is 0 Å². The third kappa shape index (κ3) is 7.32. The van der Waals surface area contributed by atoms with Crippen LogP contribution in [0.4, 0.5) is 0 Å². The molecule has 0 radical (unpaired) electrons. The lowest BCUT2D eigenvalue weighted by molar-refractivity contribution is -0.862. The number of hydrazone groups is 1. The lowest BCUT2D eigenvalue weighted by Crippen LogP contribution is -3.00. The normalized spacial score (nSPS) is 15.0. The molecule has 0 unspecified atom stereocenters. The van der Waals surface area contributed by atoms with Crippen LogP contribution in [-0.2, 0) is 4.79 Å². The highest BCUT2D eigenvalue weighted by atomic mass is 35.5. The largest absolute Gasteiger partial charge is 1.00 e. The predicted octanol–water partition coefficient (Wildman–Crippen LogP) is -0.823. The van der Waals surface area contributed by atoms with E-state index in [1.807, 2.05) is 39.3 Å². The summed E-state index contributed by atoms with van der Waals surface area (Å²) in [4.78, 5) is 11.8. The number of carbonyl (C=O) groups is 1. The standard InChI is InChI=1S/C18H27N3O3.ClH/c1-21(2,3)13-18(22)20-19-12-14-9-10-16(23-4)17(11-14)24-15-7-5-6-8-15;/h9-12,15H,5-8,13H2,1-4H3;1H. The highest BCUT2D eigenvalue weighted by molar-refractivity contribution is 5.83. The summed E-state index contributed by atoms with van der Waals surface area (Å²) in [5.74, 6) is 1.33. The number of amides is 1. The molecule has 1 saturated carbocycles. The summed E-state index contributed by atoms with van der Waals surface area (Å²) < 4.78 is 12.0. The van der Waals surface area contributed by atoms with Crippen molar-refractivity contribution < 1.29 is 31.2 Å². The van der Waals surface area contributed by atoms with Gasteiger partial charge in [-0.15, -0.1) is 0 Å². The quantitative estimate of drug-likeness (QED) is 0.388. The van der Waals surface area contributed by atoms with E-state index >= 15 is 0 Å². The van der Waals surface area contributed by atoms with Gasteiger partial charge in [-0.2, -0.15) is 5.10 Å². The van der Waals surface area contributed by atoms with Crippen LogP contribution in [-0.4, -0.2) is 57.5 Å². The molecule has 0 bridgehead atoms. The number of hydrogen-bond donors (Lipinski definition) is 1. The van der Waals surface area contributed by atoms with E-state index in [0.717, 1.165) is 24.2 Å². The zero-order chi connectivity index (χ0) is 17.6. The van der Waals surface area contributed by atoms with E-state index in [-0.39, 0.29) is 24.4 Å². The first-order valence-corrected chi connectivity index (χ1v) is 8.34. The van der Waals surface area contributed by atoms with Crippen molar-refractivity contribution in [3.63, 3.8) is 0 Å². The first-order valence-electron chi connectivity index (χ1n) is 8.34. The van der Waals surface area contributed by atoms with Crippen molar-refractivity contribution in [3.05, 3.63) is 23.8 Å². The second-order valence-electron chi connectivity index (χ2n) is 7.18. The maximum absolute atomic E-state index is 11.8. The van der Waals surface area contributed by atoms with E-state index in [2.05, 4.69) is 10.5 Å². The number of nitrogens with zero attached hydrogens (tertiary/aromatic N) is 2. The van der Waals surface area contributed by atoms with Gasteiger partial charge in [0.1, 0.15) is 0 Å². The number of carbonyl (C=O) groups excluding carboxylic acids is 1. The monoisotopic (exact) mass is 369 g/mol. The topological polar surface area (TPSA) is 59.9 Å². The minimum Gasteiger partial charge on any atom is -1.00 e. The van der Waals surface area contributed by atoms with E-state index in [9.17, 15) is 4.79 Å². The lowest BCUT2D eigenvalue weighted by Gasteiger charge is -2.22. The van der Waals surface area contributed by atoms with Crippen molar-refractivity contribution in [2.45, 2.75) is 31.8 Å². The van der Waals surface area contributed by atoms with Crippen LogP contribution in [0.25, 0.3) is 0 Å². The van der Waals surface area contributed by atoms with E-state index in [4.69, 9.17) is 9.47 Å². The summed E-state index contributed by atoms with van der Waals surface area (Å²) in [7, 11) is 7.51. The molecule has 0 heterocycles. The highest BCUT2D eigenvalue weighted by Gasteiger charge is 2.18. The predicted molar refractivity (Wildman–Crippen MR) is 94.5 cm³/mol. The SMILES string of the molecule is COc1ccc(C=NNC(=O)C[N+](C)(C)C)cc1OC1CCCC1.[Cl-]. The van der Waals surface area contributed by atoms with Crippen LogP contribution in [0.15, 0.2) is 23.3 Å². The molecule has 0 atom stereocenters. The number of likely N-dealkylation sites (N-methyl/N-ethyl adjacent to an activating group) is 1. The van der Waals surface area contributed by atoms with Crippen LogP contribution in [0.3, 0.4) is 0 Å². The molecule has 0 aliphatic heterocycles. The Morgan fingerprint density at radius 1 is 1.28 bits per heavy atom. The number of hydrogen-bond acceptors (Lipinski definition) is 4. The van der Waals surface area contributed by atoms with E-state index in [1.165, 1.54) is 12.8 Å². The fourth-order valence-electron chi connectivity index (χ4n) is 2.70. The second kappa shape index (κ2) is 9.63. The fourth-order valence-corrected chi connectivity index (χ4v) is 2.70. The first kappa shape index (κ1) is 21.3. The minimum absolute atomic E-state index is 0. The van der Waals surface area contributed by atoms with E-state index in [1.54, 1.807) is 13.3 Å². The minimum atomic E-state index is -0.116. The molecule has 1 aromatic rings. The molecular weight excluding hydrogens is 342 g/mol. The van der Waals surface area contributed by atoms with Crippen LogP contribution < -0.4 is 27.3 Å². The Morgan fingerprint density at radius 3 is 2.56 bits per heavy atom. The second-order valence-corrected chi connectivity index (χ2v) is 7.18. The fraction of sp³-hybridized carbons (Fsp3) is 0.556. The van der Waals surface area contributed by atoms with Crippen molar-refractivity contribution in [2.75, 3.05) is 34.8 Å². The third-order valence-corrected chi connectivity index (χ3v) is 3.80. The Morgan fingerprint density at radius 2 is 1.96 bits per heavy atom. The highest BCUT2D eigenvalue weighted by Crippen LogP contribution is 2.32. The van der Waals surface area contributed by atoms with E-state index < -0.39 is 0 Å². The Kier molecular flexibility index (Phi) is 8.19. The van der Waals surface area contributed by atoms with Crippen LogP contribution in [0.2, 0.25) is 0 Å². The zero-order valence-corrected chi connectivity index (χ0v) is 16.2. The molecule has 25 heavy (non-hydrogen) atoms. The molecule has 2 rings (SSSR count). The van der Waals surface area contributed by atoms with Gasteiger partial charge in [0, 0.05) is 0 Å². The molecule has 0 saturated heterocycles. The molecule has 1 aliphatic rings. The van der Waals surface area contributed by atoms with Gasteiger partial charge in [-0.25, -0.2) is 5.43 Å². The van der Waals surface area contributed by atoms with Crippen molar-refractivity contribution in [3.8, 4) is 11.5 Å². The number of methoxy groups -OCH3 is 1. The number of ether oxygens (including phenoxy) is 2. The summed E-state index contributed by atoms with van der Waals surface area (Å²) >= 11 is 0. The molecule has 0 aromatic heterocycles. The Labute approximate surface area is 156 Å². The number of nitrogens with one attached hydrogen (secondary N) is 1. The van der Waals surface area contributed by atoms with Crippen molar-refractivity contribution in [2.24, 2.45) is 5.10 Å². The van der Waals surface area contributed by atoms with Crippen molar-refractivity contribution in [1.29, 1.82) is 0 Å². The maximum Gasteiger partial charge on any atom is 0.295 e. The van der Waals surface area contributed by atoms with Gasteiger partial charge in [0.25, 0.3) is 5.91 Å². The number of benzene rings is 1. The summed E-state index contributed by atoms with van der Waals surface area (Å²) in [6.07, 6.45) is 6.48. The first-order chi connectivity index (χ1) is 11.4. The Balaban J connectivity index is 0.00000312. The van der Waals surface area contributed by atoms with E-state index in [0.29, 0.717) is 16.8 Å². The summed E-state index contributed by atoms with van der Waals surface area (Å²) in [6, 6.07) is 5.64. The summed E-state index contributed by atoms with van der Waals surface area (Å²) in [5, 5.41) is 4.02. The van der Waals surface area contributed by atoms with Crippen LogP contribution in [0.1, 0.15) is 31.2 Å². The van der Waals surface area contributed by atoms with Crippen molar-refractivity contribution >= 4 is 12.1 Å². The molecule has 1 fully saturated rings. The summed E-state index contributed by atoms with van der Waals surface area (Å²) in [6.45, 7) is 0.371. The zero-order valence-electron chi connectivity index (χ0n) is 15.4. The van der Waals surface area contributed by atoms with Crippen LogP contribution in [0.5, 0.6) is 11.5 Å². The van der Waals surface area contributed by atoms with Gasteiger partial charge < -0.3 is 26.4 Å².